The summed E-state index contributed by atoms with van der Waals surface area (Å²) in [5.41, 5.74) is -0.748. The van der Waals surface area contributed by atoms with Gasteiger partial charge < -0.3 is 15.2 Å². The number of anilines is 1. The Balaban J connectivity index is 1.94. The lowest BCUT2D eigenvalue weighted by atomic mass is 10.2. The van der Waals surface area contributed by atoms with Gasteiger partial charge in [-0.2, -0.15) is 0 Å². The highest BCUT2D eigenvalue weighted by Gasteiger charge is 2.31. The molecule has 1 amide bonds. The van der Waals surface area contributed by atoms with Crippen LogP contribution in [0, 0.1) is 0 Å². The highest BCUT2D eigenvalue weighted by molar-refractivity contribution is 7.92. The van der Waals surface area contributed by atoms with E-state index in [0.29, 0.717) is 24.2 Å². The van der Waals surface area contributed by atoms with Crippen LogP contribution in [0.15, 0.2) is 29.1 Å². The molecule has 11 heteroatoms. The first-order valence-electron chi connectivity index (χ1n) is 8.96. The van der Waals surface area contributed by atoms with Crippen LogP contribution < -0.4 is 19.9 Å². The molecule has 0 bridgehead atoms. The van der Waals surface area contributed by atoms with Gasteiger partial charge in [0.1, 0.15) is 5.75 Å². The van der Waals surface area contributed by atoms with Gasteiger partial charge in [0.15, 0.2) is 5.69 Å². The van der Waals surface area contributed by atoms with E-state index in [-0.39, 0.29) is 24.8 Å². The van der Waals surface area contributed by atoms with Gasteiger partial charge in [-0.25, -0.2) is 17.7 Å². The van der Waals surface area contributed by atoms with E-state index in [1.165, 1.54) is 14.2 Å². The third kappa shape index (κ3) is 4.04. The van der Waals surface area contributed by atoms with Crippen molar-refractivity contribution < 1.29 is 23.1 Å². The number of carbonyl (C=O) groups excluding carboxylic acids is 1. The molecule has 1 saturated heterocycles. The highest BCUT2D eigenvalue weighted by atomic mass is 32.2. The molecule has 0 atom stereocenters. The lowest BCUT2D eigenvalue weighted by Crippen LogP contribution is -2.42. The molecule has 0 unspecified atom stereocenters. The zero-order chi connectivity index (χ0) is 21.2. The first-order valence-corrected chi connectivity index (χ1v) is 10.6. The summed E-state index contributed by atoms with van der Waals surface area (Å²) in [7, 11) is -0.857. The number of hydrogen-bond donors (Lipinski definition) is 2. The molecule has 1 aliphatic rings. The van der Waals surface area contributed by atoms with E-state index in [1.807, 2.05) is 0 Å². The van der Waals surface area contributed by atoms with Crippen molar-refractivity contribution in [3.63, 3.8) is 0 Å². The fourth-order valence-electron chi connectivity index (χ4n) is 3.08. The number of sulfonamides is 1. The summed E-state index contributed by atoms with van der Waals surface area (Å²) in [4.78, 5) is 29.0. The maximum absolute atomic E-state index is 12.6. The van der Waals surface area contributed by atoms with Crippen molar-refractivity contribution in [3.8, 4) is 11.5 Å². The number of para-hydroxylation sites is 1. The molecule has 0 radical (unpaired) electrons. The first-order chi connectivity index (χ1) is 13.8. The van der Waals surface area contributed by atoms with Gasteiger partial charge in [0, 0.05) is 25.7 Å². The SMILES string of the molecule is COc1ccccc1CNC(=O)c1nc(N2CCCCS2(=O)=O)n(C)c(=O)c1O. The second-order valence-electron chi connectivity index (χ2n) is 6.56. The fraction of sp³-hybridized carbons (Fsp3) is 0.389. The number of benzene rings is 1. The van der Waals surface area contributed by atoms with E-state index in [9.17, 15) is 23.1 Å². The molecular weight excluding hydrogens is 400 g/mol. The number of nitrogens with zero attached hydrogens (tertiary/aromatic N) is 3. The maximum Gasteiger partial charge on any atom is 0.297 e. The zero-order valence-electron chi connectivity index (χ0n) is 16.1. The van der Waals surface area contributed by atoms with Gasteiger partial charge in [-0.3, -0.25) is 14.2 Å². The van der Waals surface area contributed by atoms with Gasteiger partial charge in [-0.1, -0.05) is 18.2 Å². The van der Waals surface area contributed by atoms with E-state index in [1.54, 1.807) is 24.3 Å². The van der Waals surface area contributed by atoms with Crippen LogP contribution in [0.4, 0.5) is 5.95 Å². The van der Waals surface area contributed by atoms with Crippen LogP contribution in [0.1, 0.15) is 28.9 Å². The van der Waals surface area contributed by atoms with Crippen LogP contribution >= 0.6 is 0 Å². The second-order valence-corrected chi connectivity index (χ2v) is 8.58. The molecule has 1 aliphatic heterocycles. The molecule has 10 nitrogen and oxygen atoms in total. The molecule has 2 N–H and O–H groups in total. The second kappa shape index (κ2) is 8.11. The van der Waals surface area contributed by atoms with Crippen LogP contribution in [0.3, 0.4) is 0 Å². The molecule has 1 fully saturated rings. The zero-order valence-corrected chi connectivity index (χ0v) is 16.9. The van der Waals surface area contributed by atoms with Crippen molar-refractivity contribution >= 4 is 21.9 Å². The maximum atomic E-state index is 12.6. The van der Waals surface area contributed by atoms with Crippen molar-refractivity contribution in [1.29, 1.82) is 0 Å². The average molecular weight is 422 g/mol. The summed E-state index contributed by atoms with van der Waals surface area (Å²) >= 11 is 0. The molecule has 29 heavy (non-hydrogen) atoms. The number of carbonyl (C=O) groups is 1. The molecular formula is C18H22N4O6S. The Hall–Kier alpha value is -3.08. The molecule has 0 saturated carbocycles. The molecule has 2 aromatic rings. The number of aromatic nitrogens is 2. The number of rotatable bonds is 5. The molecule has 156 valence electrons. The number of nitrogens with one attached hydrogen (secondary N) is 1. The topological polar surface area (TPSA) is 131 Å². The quantitative estimate of drug-likeness (QED) is 0.711. The van der Waals surface area contributed by atoms with Gasteiger partial charge >= 0.3 is 0 Å². The predicted molar refractivity (Wildman–Crippen MR) is 106 cm³/mol. The van der Waals surface area contributed by atoms with Gasteiger partial charge in [0.25, 0.3) is 11.5 Å². The highest BCUT2D eigenvalue weighted by Crippen LogP contribution is 2.23. The molecule has 1 aromatic carbocycles. The van der Waals surface area contributed by atoms with Crippen molar-refractivity contribution in [1.82, 2.24) is 14.9 Å². The summed E-state index contributed by atoms with van der Waals surface area (Å²) in [5, 5.41) is 12.7. The number of aromatic hydroxyl groups is 1. The average Bonchev–Trinajstić information content (AvgIpc) is 2.71. The Bertz CT molecular complexity index is 1100. The normalized spacial score (nSPS) is 15.7. The number of ether oxygens (including phenoxy) is 1. The third-order valence-corrected chi connectivity index (χ3v) is 6.48. The Morgan fingerprint density at radius 2 is 2.03 bits per heavy atom. The summed E-state index contributed by atoms with van der Waals surface area (Å²) in [5.74, 6) is -1.35. The Kier molecular flexibility index (Phi) is 5.78. The molecule has 2 heterocycles. The Morgan fingerprint density at radius 3 is 2.72 bits per heavy atom. The smallest absolute Gasteiger partial charge is 0.297 e. The molecule has 0 spiro atoms. The lowest BCUT2D eigenvalue weighted by Gasteiger charge is -2.28. The minimum Gasteiger partial charge on any atom is -0.501 e. The van der Waals surface area contributed by atoms with Crippen molar-refractivity contribution in [2.75, 3.05) is 23.7 Å². The van der Waals surface area contributed by atoms with Crippen LogP contribution in [-0.4, -0.2) is 48.4 Å². The molecule has 1 aromatic heterocycles. The predicted octanol–water partition coefficient (Wildman–Crippen LogP) is 0.354. The minimum absolute atomic E-state index is 0.0660. The van der Waals surface area contributed by atoms with Crippen LogP contribution in [0.2, 0.25) is 0 Å². The van der Waals surface area contributed by atoms with Crippen molar-refractivity contribution in [3.05, 3.63) is 45.9 Å². The molecule has 0 aliphatic carbocycles. The number of amides is 1. The largest absolute Gasteiger partial charge is 0.501 e. The van der Waals surface area contributed by atoms with Gasteiger partial charge in [-0.05, 0) is 18.9 Å². The van der Waals surface area contributed by atoms with Gasteiger partial charge in [-0.15, -0.1) is 0 Å². The molecule has 3 rings (SSSR count). The van der Waals surface area contributed by atoms with Crippen LogP contribution in [0.5, 0.6) is 11.5 Å². The fourth-order valence-corrected chi connectivity index (χ4v) is 4.69. The summed E-state index contributed by atoms with van der Waals surface area (Å²) in [6, 6.07) is 7.04. The van der Waals surface area contributed by atoms with Gasteiger partial charge in [0.2, 0.25) is 21.7 Å². The Morgan fingerprint density at radius 1 is 1.31 bits per heavy atom. The minimum atomic E-state index is -3.65. The lowest BCUT2D eigenvalue weighted by molar-refractivity contribution is 0.0942. The van der Waals surface area contributed by atoms with Crippen LogP contribution in [-0.2, 0) is 23.6 Å². The number of methoxy groups -OCH3 is 1. The standard InChI is InChI=1S/C18H22N4O6S/c1-21-17(25)15(23)14(20-18(21)22-9-5-6-10-29(22,26)27)16(24)19-11-12-7-3-4-8-13(12)28-2/h3-4,7-8,23H,5-6,9-11H2,1-2H3,(H,19,24). The van der Waals surface area contributed by atoms with Crippen molar-refractivity contribution in [2.45, 2.75) is 19.4 Å². The van der Waals surface area contributed by atoms with Gasteiger partial charge in [0.05, 0.1) is 12.9 Å². The van der Waals surface area contributed by atoms with E-state index >= 15 is 0 Å². The van der Waals surface area contributed by atoms with Crippen LogP contribution in [0.25, 0.3) is 0 Å². The van der Waals surface area contributed by atoms with E-state index in [2.05, 4.69) is 10.3 Å². The monoisotopic (exact) mass is 422 g/mol. The first kappa shape index (κ1) is 20.6. The summed E-state index contributed by atoms with van der Waals surface area (Å²) in [6.45, 7) is 0.214. The van der Waals surface area contributed by atoms with Crippen molar-refractivity contribution in [2.24, 2.45) is 7.05 Å². The van der Waals surface area contributed by atoms with E-state index in [0.717, 1.165) is 8.87 Å². The van der Waals surface area contributed by atoms with E-state index in [4.69, 9.17) is 4.74 Å². The summed E-state index contributed by atoms with van der Waals surface area (Å²) < 4.78 is 31.9. The number of hydrogen-bond acceptors (Lipinski definition) is 7. The van der Waals surface area contributed by atoms with E-state index < -0.39 is 32.9 Å². The summed E-state index contributed by atoms with van der Waals surface area (Å²) in [6.07, 6.45) is 1.11. The third-order valence-electron chi connectivity index (χ3n) is 4.66. The Labute approximate surface area is 167 Å².